The summed E-state index contributed by atoms with van der Waals surface area (Å²) in [6.45, 7) is 14.4. The van der Waals surface area contributed by atoms with Crippen LogP contribution < -0.4 is 0 Å². The molecule has 2 heterocycles. The molecular formula is C28H44O3. The maximum absolute atomic E-state index is 10.4. The highest BCUT2D eigenvalue weighted by atomic mass is 17.2. The van der Waals surface area contributed by atoms with Crippen LogP contribution in [0.1, 0.15) is 86.5 Å². The van der Waals surface area contributed by atoms with E-state index in [-0.39, 0.29) is 22.5 Å². The smallest absolute Gasteiger partial charge is 0.130 e. The van der Waals surface area contributed by atoms with Gasteiger partial charge in [0.2, 0.25) is 0 Å². The molecule has 174 valence electrons. The third-order valence-corrected chi connectivity index (χ3v) is 11.1. The maximum Gasteiger partial charge on any atom is 0.130 e. The first-order chi connectivity index (χ1) is 14.6. The molecule has 6 aliphatic rings. The molecule has 1 saturated heterocycles. The van der Waals surface area contributed by atoms with Crippen LogP contribution in [0.3, 0.4) is 0 Å². The summed E-state index contributed by atoms with van der Waals surface area (Å²) in [6, 6.07) is 0. The Bertz CT molecular complexity index is 772. The zero-order valence-electron chi connectivity index (χ0n) is 20.6. The molecule has 3 saturated carbocycles. The Kier molecular flexibility index (Phi) is 5.13. The Balaban J connectivity index is 1.45. The topological polar surface area (TPSA) is 38.7 Å². The fraction of sp³-hybridized carbons (Fsp3) is 0.857. The molecule has 0 aromatic heterocycles. The molecule has 2 unspecified atom stereocenters. The second-order valence-electron chi connectivity index (χ2n) is 12.7. The minimum Gasteiger partial charge on any atom is -0.393 e. The monoisotopic (exact) mass is 428 g/mol. The van der Waals surface area contributed by atoms with Crippen molar-refractivity contribution in [3.8, 4) is 0 Å². The summed E-state index contributed by atoms with van der Waals surface area (Å²) in [5.74, 6) is 3.64. The van der Waals surface area contributed by atoms with Gasteiger partial charge in [-0.1, -0.05) is 59.8 Å². The molecule has 31 heavy (non-hydrogen) atoms. The van der Waals surface area contributed by atoms with E-state index < -0.39 is 5.60 Å². The standard InChI is InChI=1S/C28H44O3/c1-18(2)19(3)7-8-20(4)22-9-10-23-25(22,5)13-12-24-26(6)14-11-21(29)17-27(26)15-16-28(23,24)31-30-27/h7-8,15-16,18-24,29H,9-14,17H2,1-6H3/t19-,20+,21-,22?,23+,24?,25+,26+,27+,28-/m0/s1. The minimum absolute atomic E-state index is 0.0663. The number of aliphatic hydroxyl groups excluding tert-OH is 1. The molecule has 6 rings (SSSR count). The van der Waals surface area contributed by atoms with Gasteiger partial charge in [-0.15, -0.1) is 0 Å². The first-order valence-electron chi connectivity index (χ1n) is 13.0. The van der Waals surface area contributed by atoms with E-state index >= 15 is 0 Å². The van der Waals surface area contributed by atoms with Crippen LogP contribution in [0.4, 0.5) is 0 Å². The van der Waals surface area contributed by atoms with Crippen molar-refractivity contribution in [1.29, 1.82) is 0 Å². The van der Waals surface area contributed by atoms with E-state index in [2.05, 4.69) is 65.8 Å². The third-order valence-electron chi connectivity index (χ3n) is 11.1. The van der Waals surface area contributed by atoms with Crippen LogP contribution in [0.5, 0.6) is 0 Å². The van der Waals surface area contributed by atoms with Crippen LogP contribution >= 0.6 is 0 Å². The van der Waals surface area contributed by atoms with Gasteiger partial charge in [-0.2, -0.15) is 0 Å². The summed E-state index contributed by atoms with van der Waals surface area (Å²) >= 11 is 0. The first-order valence-corrected chi connectivity index (χ1v) is 13.0. The van der Waals surface area contributed by atoms with Gasteiger partial charge in [-0.25, -0.2) is 9.78 Å². The molecule has 2 spiro atoms. The van der Waals surface area contributed by atoms with Gasteiger partial charge in [-0.05, 0) is 73.7 Å². The van der Waals surface area contributed by atoms with E-state index in [4.69, 9.17) is 9.78 Å². The van der Waals surface area contributed by atoms with Crippen LogP contribution in [0.25, 0.3) is 0 Å². The second kappa shape index (κ2) is 7.18. The Morgan fingerprint density at radius 1 is 0.903 bits per heavy atom. The van der Waals surface area contributed by atoms with Crippen molar-refractivity contribution in [2.24, 2.45) is 46.3 Å². The quantitative estimate of drug-likeness (QED) is 0.412. The van der Waals surface area contributed by atoms with E-state index in [0.29, 0.717) is 41.9 Å². The van der Waals surface area contributed by atoms with Crippen LogP contribution in [0.2, 0.25) is 0 Å². The number of allylic oxidation sites excluding steroid dienone is 2. The Hall–Kier alpha value is -0.640. The van der Waals surface area contributed by atoms with Crippen LogP contribution in [-0.4, -0.2) is 22.4 Å². The first kappa shape index (κ1) is 22.2. The normalized spacial score (nSPS) is 52.8. The molecule has 0 amide bonds. The fourth-order valence-electron chi connectivity index (χ4n) is 8.71. The molecule has 2 aliphatic heterocycles. The van der Waals surface area contributed by atoms with E-state index in [1.165, 1.54) is 25.7 Å². The SMILES string of the molecule is CC(C)[C@@H](C)C=C[C@@H](C)C1CC[C@@H]2[C@]1(C)CCC1[C@]23C=C[C@]2(C[C@@H](O)CC[C@]12C)OO3. The average molecular weight is 429 g/mol. The van der Waals surface area contributed by atoms with E-state index in [0.717, 1.165) is 12.8 Å². The van der Waals surface area contributed by atoms with E-state index in [1.807, 2.05) is 0 Å². The predicted molar refractivity (Wildman–Crippen MR) is 124 cm³/mol. The number of hydrogen-bond acceptors (Lipinski definition) is 3. The van der Waals surface area contributed by atoms with Gasteiger partial charge < -0.3 is 5.11 Å². The molecule has 10 atom stereocenters. The van der Waals surface area contributed by atoms with Crippen LogP contribution in [0.15, 0.2) is 24.3 Å². The van der Waals surface area contributed by atoms with Gasteiger partial charge in [0.1, 0.15) is 11.2 Å². The van der Waals surface area contributed by atoms with Crippen molar-refractivity contribution in [3.05, 3.63) is 24.3 Å². The third kappa shape index (κ3) is 2.88. The largest absolute Gasteiger partial charge is 0.393 e. The zero-order chi connectivity index (χ0) is 22.2. The molecule has 1 N–H and O–H groups in total. The molecule has 0 aromatic rings. The highest BCUT2D eigenvalue weighted by Crippen LogP contribution is 2.72. The van der Waals surface area contributed by atoms with Gasteiger partial charge >= 0.3 is 0 Å². The molecule has 0 radical (unpaired) electrons. The van der Waals surface area contributed by atoms with Crippen molar-refractivity contribution in [2.45, 2.75) is 104 Å². The number of aliphatic hydroxyl groups is 1. The van der Waals surface area contributed by atoms with Crippen LogP contribution in [0, 0.1) is 46.3 Å². The number of hydrogen-bond donors (Lipinski definition) is 1. The summed E-state index contributed by atoms with van der Waals surface area (Å²) in [5, 5.41) is 10.4. The van der Waals surface area contributed by atoms with Crippen molar-refractivity contribution in [2.75, 3.05) is 0 Å². The Morgan fingerprint density at radius 2 is 1.68 bits per heavy atom. The highest BCUT2D eigenvalue weighted by molar-refractivity contribution is 5.33. The minimum atomic E-state index is -0.439. The van der Waals surface area contributed by atoms with Gasteiger partial charge in [-0.3, -0.25) is 0 Å². The molecule has 3 nitrogen and oxygen atoms in total. The van der Waals surface area contributed by atoms with Crippen molar-refractivity contribution in [3.63, 3.8) is 0 Å². The van der Waals surface area contributed by atoms with E-state index in [9.17, 15) is 5.11 Å². The summed E-state index contributed by atoms with van der Waals surface area (Å²) in [4.78, 5) is 12.8. The van der Waals surface area contributed by atoms with Crippen molar-refractivity contribution >= 4 is 0 Å². The van der Waals surface area contributed by atoms with Crippen LogP contribution in [-0.2, 0) is 9.78 Å². The van der Waals surface area contributed by atoms with Gasteiger partial charge in [0.15, 0.2) is 0 Å². The van der Waals surface area contributed by atoms with E-state index in [1.54, 1.807) is 0 Å². The van der Waals surface area contributed by atoms with Crippen molar-refractivity contribution in [1.82, 2.24) is 0 Å². The molecule has 3 heteroatoms. The fourth-order valence-corrected chi connectivity index (χ4v) is 8.71. The van der Waals surface area contributed by atoms with Gasteiger partial charge in [0.05, 0.1) is 6.10 Å². The summed E-state index contributed by atoms with van der Waals surface area (Å²) in [6.07, 6.45) is 17.0. The number of fused-ring (bicyclic) bond motifs is 2. The van der Waals surface area contributed by atoms with Crippen molar-refractivity contribution < 1.29 is 14.9 Å². The molecular weight excluding hydrogens is 384 g/mol. The lowest BCUT2D eigenvalue weighted by Crippen LogP contribution is -2.73. The van der Waals surface area contributed by atoms with Gasteiger partial charge in [0, 0.05) is 23.7 Å². The summed E-state index contributed by atoms with van der Waals surface area (Å²) < 4.78 is 0. The molecule has 4 fully saturated rings. The lowest BCUT2D eigenvalue weighted by atomic mass is 9.43. The predicted octanol–water partition coefficient (Wildman–Crippen LogP) is 6.47. The van der Waals surface area contributed by atoms with Gasteiger partial charge in [0.25, 0.3) is 0 Å². The highest BCUT2D eigenvalue weighted by Gasteiger charge is 2.74. The number of rotatable bonds is 4. The Labute approximate surface area is 189 Å². The zero-order valence-corrected chi connectivity index (χ0v) is 20.6. The summed E-state index contributed by atoms with van der Waals surface area (Å²) in [5.41, 5.74) is -0.366. The molecule has 0 aromatic carbocycles. The average Bonchev–Trinajstić information content (AvgIpc) is 3.09. The molecule has 4 aliphatic carbocycles. The second-order valence-corrected chi connectivity index (χ2v) is 12.7. The summed E-state index contributed by atoms with van der Waals surface area (Å²) in [7, 11) is 0. The maximum atomic E-state index is 10.4. The molecule has 2 bridgehead atoms. The lowest BCUT2D eigenvalue weighted by Gasteiger charge is -2.69. The lowest BCUT2D eigenvalue weighted by molar-refractivity contribution is -0.497. The Morgan fingerprint density at radius 3 is 2.35 bits per heavy atom.